The molecule has 0 N–H and O–H groups in total. The van der Waals surface area contributed by atoms with E-state index in [0.717, 1.165) is 46.4 Å². The molecule has 2 amide bonds. The van der Waals surface area contributed by atoms with Crippen LogP contribution in [0.3, 0.4) is 0 Å². The van der Waals surface area contributed by atoms with Crippen molar-refractivity contribution in [1.29, 1.82) is 0 Å². The zero-order chi connectivity index (χ0) is 22.1. The number of thiophene rings is 1. The maximum atomic E-state index is 13.2. The molecule has 1 saturated heterocycles. The second-order valence-electron chi connectivity index (χ2n) is 7.27. The van der Waals surface area contributed by atoms with Crippen molar-refractivity contribution in [2.24, 2.45) is 0 Å². The van der Waals surface area contributed by atoms with Crippen LogP contribution in [0.25, 0.3) is 0 Å². The van der Waals surface area contributed by atoms with Crippen LogP contribution in [0.15, 0.2) is 29.2 Å². The molecule has 2 heterocycles. The first kappa shape index (κ1) is 21.6. The lowest BCUT2D eigenvalue weighted by atomic mass is 9.95. The number of hydrogen-bond donors (Lipinski definition) is 0. The molecule has 1 aromatic heterocycles. The Morgan fingerprint density at radius 3 is 2.71 bits per heavy atom. The number of carboxylic acids is 1. The van der Waals surface area contributed by atoms with Crippen LogP contribution in [0.1, 0.15) is 57.3 Å². The molecule has 0 spiro atoms. The van der Waals surface area contributed by atoms with E-state index in [1.165, 1.54) is 17.4 Å². The summed E-state index contributed by atoms with van der Waals surface area (Å²) in [6, 6.07) is 6.23. The van der Waals surface area contributed by atoms with Crippen molar-refractivity contribution >= 4 is 51.9 Å². The molecule has 1 atom stereocenters. The second-order valence-corrected chi connectivity index (χ2v) is 9.60. The number of ether oxygens (including phenoxy) is 1. The maximum Gasteiger partial charge on any atom is 0.341 e. The zero-order valence-electron chi connectivity index (χ0n) is 16.8. The smallest absolute Gasteiger partial charge is 0.341 e. The van der Waals surface area contributed by atoms with Crippen LogP contribution in [0.5, 0.6) is 0 Å². The topological polar surface area (TPSA) is 104 Å². The first-order valence-corrected chi connectivity index (χ1v) is 11.8. The number of carbonyl (C=O) groups is 4. The predicted molar refractivity (Wildman–Crippen MR) is 114 cm³/mol. The van der Waals surface area contributed by atoms with Crippen molar-refractivity contribution < 1.29 is 29.0 Å². The number of aromatic carboxylic acids is 1. The highest BCUT2D eigenvalue weighted by molar-refractivity contribution is 8.00. The summed E-state index contributed by atoms with van der Waals surface area (Å²) in [4.78, 5) is 52.7. The molecule has 0 unspecified atom stereocenters. The van der Waals surface area contributed by atoms with Gasteiger partial charge in [-0.25, -0.2) is 9.69 Å². The highest BCUT2D eigenvalue weighted by Crippen LogP contribution is 2.44. The Bertz CT molecular complexity index is 1080. The Morgan fingerprint density at radius 2 is 1.97 bits per heavy atom. The summed E-state index contributed by atoms with van der Waals surface area (Å²) in [5.41, 5.74) is 1.18. The minimum atomic E-state index is -1.34. The van der Waals surface area contributed by atoms with E-state index in [1.807, 2.05) is 0 Å². The summed E-state index contributed by atoms with van der Waals surface area (Å²) < 4.78 is 5.23. The Balaban J connectivity index is 1.68. The van der Waals surface area contributed by atoms with E-state index in [4.69, 9.17) is 4.74 Å². The van der Waals surface area contributed by atoms with Gasteiger partial charge < -0.3 is 14.6 Å². The number of carboxylic acid groups (broad SMARTS) is 1. The van der Waals surface area contributed by atoms with Gasteiger partial charge in [-0.05, 0) is 44.2 Å². The lowest BCUT2D eigenvalue weighted by molar-refractivity contribution is -0.255. The number of carbonyl (C=O) groups excluding carboxylic acids is 4. The molecule has 1 aliphatic heterocycles. The number of thioether (sulfide) groups is 1. The summed E-state index contributed by atoms with van der Waals surface area (Å²) in [5, 5.41) is 10.9. The van der Waals surface area contributed by atoms with Crippen LogP contribution in [0, 0.1) is 0 Å². The molecular weight excluding hydrogens is 438 g/mol. The summed E-state index contributed by atoms with van der Waals surface area (Å²) in [6.45, 7) is 1.91. The Labute approximate surface area is 187 Å². The number of anilines is 1. The largest absolute Gasteiger partial charge is 0.545 e. The molecule has 9 heteroatoms. The van der Waals surface area contributed by atoms with Gasteiger partial charge in [0.05, 0.1) is 23.4 Å². The number of aryl methyl sites for hydroxylation is 1. The Kier molecular flexibility index (Phi) is 6.15. The molecule has 0 saturated carbocycles. The standard InChI is InChI=1S/C22H21NO6S2/c1-2-29-22(28)18-12-7-3-5-9-14(12)31-20(18)23-17(24)11-16(19(23)25)30-15-10-6-4-8-13(15)21(26)27/h4,6,8,10,16H,2-3,5,7,9,11H2,1H3,(H,26,27)/p-1/t16-/m0/s1. The minimum Gasteiger partial charge on any atom is -0.545 e. The van der Waals surface area contributed by atoms with Crippen molar-refractivity contribution in [3.05, 3.63) is 45.8 Å². The number of hydrogen-bond acceptors (Lipinski definition) is 8. The molecule has 7 nitrogen and oxygen atoms in total. The highest BCUT2D eigenvalue weighted by Gasteiger charge is 2.44. The Morgan fingerprint density at radius 1 is 1.23 bits per heavy atom. The van der Waals surface area contributed by atoms with E-state index in [1.54, 1.807) is 25.1 Å². The fourth-order valence-electron chi connectivity index (χ4n) is 3.92. The van der Waals surface area contributed by atoms with Gasteiger partial charge in [0.25, 0.3) is 0 Å². The van der Waals surface area contributed by atoms with E-state index in [2.05, 4.69) is 0 Å². The highest BCUT2D eigenvalue weighted by atomic mass is 32.2. The van der Waals surface area contributed by atoms with Gasteiger partial charge in [0, 0.05) is 21.8 Å². The van der Waals surface area contributed by atoms with Gasteiger partial charge in [-0.2, -0.15) is 0 Å². The molecular formula is C22H20NO6S2-. The Hall–Kier alpha value is -2.65. The molecule has 0 bridgehead atoms. The van der Waals surface area contributed by atoms with Gasteiger partial charge in [-0.1, -0.05) is 18.2 Å². The van der Waals surface area contributed by atoms with Crippen LogP contribution in [0.2, 0.25) is 0 Å². The lowest BCUT2D eigenvalue weighted by Crippen LogP contribution is -2.32. The molecule has 1 fully saturated rings. The zero-order valence-corrected chi connectivity index (χ0v) is 18.5. The third kappa shape index (κ3) is 3.99. The first-order chi connectivity index (χ1) is 14.9. The van der Waals surface area contributed by atoms with E-state index in [9.17, 15) is 24.3 Å². The molecule has 31 heavy (non-hydrogen) atoms. The molecule has 1 aromatic carbocycles. The molecule has 2 aromatic rings. The normalized spacial score (nSPS) is 18.2. The van der Waals surface area contributed by atoms with E-state index in [0.29, 0.717) is 21.9 Å². The molecule has 2 aliphatic rings. The number of fused-ring (bicyclic) bond motifs is 1. The van der Waals surface area contributed by atoms with Crippen molar-refractivity contribution in [3.63, 3.8) is 0 Å². The van der Waals surface area contributed by atoms with Gasteiger partial charge in [0.2, 0.25) is 11.8 Å². The number of amides is 2. The summed E-state index contributed by atoms with van der Waals surface area (Å²) in [5.74, 6) is -2.71. The van der Waals surface area contributed by atoms with Crippen molar-refractivity contribution in [1.82, 2.24) is 0 Å². The van der Waals surface area contributed by atoms with Crippen molar-refractivity contribution in [2.75, 3.05) is 11.5 Å². The fraction of sp³-hybridized carbons (Fsp3) is 0.364. The number of benzene rings is 1. The molecule has 162 valence electrons. The SMILES string of the molecule is CCOC(=O)c1c(N2C(=O)C[C@H](Sc3ccccc3C(=O)[O-])C2=O)sc2c1CCCC2. The minimum absolute atomic E-state index is 0.0231. The first-order valence-electron chi connectivity index (χ1n) is 10.1. The average molecular weight is 459 g/mol. The van der Waals surface area contributed by atoms with Crippen LogP contribution in [0.4, 0.5) is 5.00 Å². The van der Waals surface area contributed by atoms with E-state index in [-0.39, 0.29) is 18.6 Å². The number of rotatable bonds is 6. The predicted octanol–water partition coefficient (Wildman–Crippen LogP) is 2.59. The molecule has 1 aliphatic carbocycles. The van der Waals surface area contributed by atoms with Crippen LogP contribution in [-0.4, -0.2) is 35.6 Å². The quantitative estimate of drug-likeness (QED) is 0.484. The average Bonchev–Trinajstić information content (AvgIpc) is 3.25. The van der Waals surface area contributed by atoms with Gasteiger partial charge in [0.15, 0.2) is 0 Å². The monoisotopic (exact) mass is 458 g/mol. The third-order valence-electron chi connectivity index (χ3n) is 5.32. The van der Waals surface area contributed by atoms with Crippen molar-refractivity contribution in [3.8, 4) is 0 Å². The van der Waals surface area contributed by atoms with E-state index >= 15 is 0 Å². The van der Waals surface area contributed by atoms with E-state index < -0.39 is 29.0 Å². The summed E-state index contributed by atoms with van der Waals surface area (Å²) in [6.07, 6.45) is 3.38. The second kappa shape index (κ2) is 8.84. The number of esters is 1. The van der Waals surface area contributed by atoms with Crippen LogP contribution >= 0.6 is 23.1 Å². The van der Waals surface area contributed by atoms with Gasteiger partial charge in [-0.3, -0.25) is 9.59 Å². The molecule has 0 radical (unpaired) electrons. The maximum absolute atomic E-state index is 13.2. The lowest BCUT2D eigenvalue weighted by Gasteiger charge is -2.16. The van der Waals surface area contributed by atoms with Crippen molar-refractivity contribution in [2.45, 2.75) is 49.2 Å². The van der Waals surface area contributed by atoms with Gasteiger partial charge in [0.1, 0.15) is 5.00 Å². The number of nitrogens with zero attached hydrogens (tertiary/aromatic N) is 1. The fourth-order valence-corrected chi connectivity index (χ4v) is 6.50. The van der Waals surface area contributed by atoms with Gasteiger partial charge >= 0.3 is 5.97 Å². The number of imide groups is 1. The third-order valence-corrected chi connectivity index (χ3v) is 7.86. The summed E-state index contributed by atoms with van der Waals surface area (Å²) in [7, 11) is 0. The summed E-state index contributed by atoms with van der Waals surface area (Å²) >= 11 is 2.34. The molecule has 4 rings (SSSR count). The van der Waals surface area contributed by atoms with Crippen LogP contribution < -0.4 is 10.0 Å². The van der Waals surface area contributed by atoms with Gasteiger partial charge in [-0.15, -0.1) is 23.1 Å². The van der Waals surface area contributed by atoms with Crippen LogP contribution in [-0.2, 0) is 27.2 Å².